The third-order valence-electron chi connectivity index (χ3n) is 11.6. The highest BCUT2D eigenvalue weighted by Gasteiger charge is 2.24. The largest absolute Gasteiger partial charge is 0.398 e. The molecule has 0 saturated carbocycles. The summed E-state index contributed by atoms with van der Waals surface area (Å²) < 4.78 is 4.36. The molecule has 0 bridgehead atoms. The summed E-state index contributed by atoms with van der Waals surface area (Å²) in [4.78, 5) is 40.4. The molecule has 64 heavy (non-hydrogen) atoms. The topological polar surface area (TPSA) is 181 Å². The molecular formula is C51H49N11O2+2. The van der Waals surface area contributed by atoms with E-state index >= 15 is 0 Å². The first-order valence-electron chi connectivity index (χ1n) is 21.3. The number of rotatable bonds is 12. The van der Waals surface area contributed by atoms with E-state index in [1.807, 2.05) is 88.4 Å². The molecule has 0 radical (unpaired) electrons. The number of benzene rings is 6. The number of carbonyl (C=O) groups excluding carboxylic acids is 2. The van der Waals surface area contributed by atoms with E-state index in [1.54, 1.807) is 12.1 Å². The zero-order valence-electron chi connectivity index (χ0n) is 36.2. The van der Waals surface area contributed by atoms with Crippen LogP contribution in [-0.4, -0.2) is 52.9 Å². The lowest BCUT2D eigenvalue weighted by molar-refractivity contribution is -0.538. The van der Waals surface area contributed by atoms with Gasteiger partial charge in [-0.2, -0.15) is 0 Å². The number of nitrogen functional groups attached to an aromatic ring is 2. The first kappa shape index (κ1) is 41.2. The fourth-order valence-corrected chi connectivity index (χ4v) is 8.04. The van der Waals surface area contributed by atoms with Crippen molar-refractivity contribution in [2.75, 3.05) is 48.3 Å². The van der Waals surface area contributed by atoms with E-state index in [9.17, 15) is 9.59 Å². The highest BCUT2D eigenvalue weighted by atomic mass is 16.2. The summed E-state index contributed by atoms with van der Waals surface area (Å²) in [7, 11) is 0. The van der Waals surface area contributed by atoms with Crippen LogP contribution >= 0.6 is 0 Å². The van der Waals surface area contributed by atoms with Crippen molar-refractivity contribution < 1.29 is 18.7 Å². The van der Waals surface area contributed by atoms with Crippen LogP contribution in [0.3, 0.4) is 0 Å². The molecule has 13 heteroatoms. The Morgan fingerprint density at radius 1 is 0.500 bits per heavy atom. The van der Waals surface area contributed by atoms with E-state index < -0.39 is 0 Å². The normalized spacial score (nSPS) is 11.3. The molecule has 13 nitrogen and oxygen atoms in total. The van der Waals surface area contributed by atoms with Crippen molar-refractivity contribution >= 4 is 78.7 Å². The molecule has 9 aromatic rings. The smallest absolute Gasteiger partial charge is 0.269 e. The standard InChI is InChI=1S/C51H47N11O2/c1-30-21-42-46(25-37(30)52)61(35-11-7-5-8-12-35)48-27-40(32(3)23-44(48)59-42)54-17-19-56-50(63)34-15-16-39(58-29-34)51(64)57-20-18-55-41-28-49-45(24-33(41)4)60-43-22-31(2)38(53)26-47(43)62(49)36-13-9-6-10-14-36/h5-16,21-29H,17-20H2,1-4H3,(H6,52,53,54,55,56,57,63,64)/p+2. The summed E-state index contributed by atoms with van der Waals surface area (Å²) in [5.74, 6) is -0.618. The molecule has 0 saturated heterocycles. The summed E-state index contributed by atoms with van der Waals surface area (Å²) >= 11 is 0. The summed E-state index contributed by atoms with van der Waals surface area (Å²) in [5, 5.41) is 12.9. The molecule has 0 spiro atoms. The summed E-state index contributed by atoms with van der Waals surface area (Å²) in [6.45, 7) is 9.71. The lowest BCUT2D eigenvalue weighted by Gasteiger charge is -2.13. The second-order valence-electron chi connectivity index (χ2n) is 16.1. The number of amides is 2. The Kier molecular flexibility index (Phi) is 11.1. The maximum absolute atomic E-state index is 13.1. The van der Waals surface area contributed by atoms with Crippen LogP contribution in [0.4, 0.5) is 22.7 Å². The molecule has 6 aromatic carbocycles. The van der Waals surface area contributed by atoms with E-state index in [2.05, 4.69) is 83.9 Å². The lowest BCUT2D eigenvalue weighted by Crippen LogP contribution is -2.33. The van der Waals surface area contributed by atoms with Gasteiger partial charge in [0.2, 0.25) is 33.4 Å². The number of hydrogen-bond donors (Lipinski definition) is 6. The van der Waals surface area contributed by atoms with Crippen molar-refractivity contribution in [2.45, 2.75) is 27.7 Å². The summed E-state index contributed by atoms with van der Waals surface area (Å²) in [6.07, 6.45) is 1.42. The van der Waals surface area contributed by atoms with Crippen LogP contribution in [0.15, 0.2) is 128 Å². The quantitative estimate of drug-likeness (QED) is 0.0323. The lowest BCUT2D eigenvalue weighted by atomic mass is 10.1. The molecule has 9 rings (SSSR count). The number of fused-ring (bicyclic) bond motifs is 4. The fraction of sp³-hybridized carbons (Fsp3) is 0.157. The molecule has 2 amide bonds. The minimum atomic E-state index is -0.334. The van der Waals surface area contributed by atoms with Crippen LogP contribution in [0.1, 0.15) is 43.1 Å². The molecule has 318 valence electrons. The van der Waals surface area contributed by atoms with Crippen molar-refractivity contribution in [3.63, 3.8) is 0 Å². The number of pyridine rings is 1. The zero-order valence-corrected chi connectivity index (χ0v) is 36.2. The second-order valence-corrected chi connectivity index (χ2v) is 16.1. The third-order valence-corrected chi connectivity index (χ3v) is 11.6. The molecule has 0 aliphatic carbocycles. The number of aryl methyl sites for hydroxylation is 4. The number of para-hydroxylation sites is 2. The zero-order chi connectivity index (χ0) is 44.5. The van der Waals surface area contributed by atoms with Crippen LogP contribution in [-0.2, 0) is 0 Å². The monoisotopic (exact) mass is 847 g/mol. The minimum absolute atomic E-state index is 0.219. The van der Waals surface area contributed by atoms with Gasteiger partial charge in [0.1, 0.15) is 27.8 Å². The number of nitrogens with two attached hydrogens (primary N) is 2. The Morgan fingerprint density at radius 3 is 1.36 bits per heavy atom. The van der Waals surface area contributed by atoms with Gasteiger partial charge in [0, 0.05) is 104 Å². The first-order valence-corrected chi connectivity index (χ1v) is 21.3. The van der Waals surface area contributed by atoms with Gasteiger partial charge >= 0.3 is 0 Å². The molecule has 3 heterocycles. The highest BCUT2D eigenvalue weighted by Crippen LogP contribution is 2.28. The SMILES string of the molecule is Cc1cc2nc3cc(C)c(NCCNC(=O)c4ccc(C(=O)NCCNc5cc6c(cc5C)nc5cc(C)c(N)cc5[n+]6-c5ccccc5)nc4)cc3[n+](-c3ccccc3)c2cc1N. The van der Waals surface area contributed by atoms with Gasteiger partial charge in [-0.1, -0.05) is 36.4 Å². The third kappa shape index (κ3) is 8.14. The molecule has 0 atom stereocenters. The molecule has 0 aliphatic heterocycles. The van der Waals surface area contributed by atoms with Gasteiger partial charge in [0.05, 0.1) is 5.56 Å². The van der Waals surface area contributed by atoms with Gasteiger partial charge in [0.15, 0.2) is 0 Å². The maximum atomic E-state index is 13.1. The summed E-state index contributed by atoms with van der Waals surface area (Å²) in [6, 6.07) is 39.8. The number of hydrogen-bond acceptors (Lipinski definition) is 9. The predicted molar refractivity (Wildman–Crippen MR) is 255 cm³/mol. The average Bonchev–Trinajstić information content (AvgIpc) is 3.29. The Morgan fingerprint density at radius 2 is 0.922 bits per heavy atom. The molecular weight excluding hydrogens is 799 g/mol. The van der Waals surface area contributed by atoms with E-state index in [0.29, 0.717) is 43.1 Å². The number of nitrogens with zero attached hydrogens (tertiary/aromatic N) is 5. The van der Waals surface area contributed by atoms with Crippen LogP contribution in [0.2, 0.25) is 0 Å². The van der Waals surface area contributed by atoms with E-state index in [1.165, 1.54) is 6.20 Å². The predicted octanol–water partition coefficient (Wildman–Crippen LogP) is 7.12. The first-order chi connectivity index (χ1) is 31.0. The molecule has 8 N–H and O–H groups in total. The van der Waals surface area contributed by atoms with Crippen LogP contribution in [0.25, 0.3) is 55.5 Å². The Bertz CT molecular complexity index is 3050. The Balaban J connectivity index is 0.812. The number of nitrogens with one attached hydrogen (secondary N) is 4. The van der Waals surface area contributed by atoms with Gasteiger partial charge in [0.25, 0.3) is 11.8 Å². The summed E-state index contributed by atoms with van der Waals surface area (Å²) in [5.41, 5.74) is 29.7. The number of carbonyl (C=O) groups is 2. The van der Waals surface area contributed by atoms with Crippen molar-refractivity contribution in [3.8, 4) is 11.4 Å². The number of aromatic nitrogens is 5. The fourth-order valence-electron chi connectivity index (χ4n) is 8.04. The number of anilines is 4. The van der Waals surface area contributed by atoms with Gasteiger partial charge in [-0.25, -0.2) is 9.97 Å². The van der Waals surface area contributed by atoms with E-state index in [4.69, 9.17) is 21.4 Å². The van der Waals surface area contributed by atoms with Crippen LogP contribution < -0.4 is 41.9 Å². The Labute approximate surface area is 370 Å². The van der Waals surface area contributed by atoms with Crippen LogP contribution in [0, 0.1) is 27.7 Å². The minimum Gasteiger partial charge on any atom is -0.398 e. The van der Waals surface area contributed by atoms with Gasteiger partial charge in [-0.05, 0) is 86.3 Å². The molecule has 0 unspecified atom stereocenters. The van der Waals surface area contributed by atoms with E-state index in [0.717, 1.165) is 89.1 Å². The van der Waals surface area contributed by atoms with Crippen LogP contribution in [0.5, 0.6) is 0 Å². The van der Waals surface area contributed by atoms with Crippen molar-refractivity contribution in [2.24, 2.45) is 0 Å². The van der Waals surface area contributed by atoms with E-state index in [-0.39, 0.29) is 17.5 Å². The van der Waals surface area contributed by atoms with Crippen molar-refractivity contribution in [1.29, 1.82) is 0 Å². The molecule has 0 fully saturated rings. The second kappa shape index (κ2) is 17.3. The molecule has 3 aromatic heterocycles. The maximum Gasteiger partial charge on any atom is 0.269 e. The van der Waals surface area contributed by atoms with Gasteiger partial charge in [-0.3, -0.25) is 14.6 Å². The van der Waals surface area contributed by atoms with Gasteiger partial charge in [-0.15, -0.1) is 9.13 Å². The molecule has 0 aliphatic rings. The highest BCUT2D eigenvalue weighted by molar-refractivity contribution is 5.96. The van der Waals surface area contributed by atoms with Gasteiger partial charge < -0.3 is 32.7 Å². The average molecular weight is 848 g/mol. The van der Waals surface area contributed by atoms with Crippen molar-refractivity contribution in [3.05, 3.63) is 161 Å². The van der Waals surface area contributed by atoms with Crippen molar-refractivity contribution in [1.82, 2.24) is 25.6 Å². The Hall–Kier alpha value is -8.19.